The summed E-state index contributed by atoms with van der Waals surface area (Å²) < 4.78 is 14.2. The van der Waals surface area contributed by atoms with E-state index in [1.54, 1.807) is 17.9 Å². The molecule has 0 saturated heterocycles. The minimum atomic E-state index is -1.01. The molecule has 11 heavy (non-hydrogen) atoms. The van der Waals surface area contributed by atoms with Crippen molar-refractivity contribution >= 4 is 0 Å². The summed E-state index contributed by atoms with van der Waals surface area (Å²) in [6, 6.07) is 0. The van der Waals surface area contributed by atoms with Crippen LogP contribution in [0, 0.1) is 0 Å². The van der Waals surface area contributed by atoms with Crippen LogP contribution in [0.15, 0.2) is 6.20 Å². The van der Waals surface area contributed by atoms with Crippen LogP contribution < -0.4 is 5.73 Å². The van der Waals surface area contributed by atoms with Crippen LogP contribution in [0.5, 0.6) is 0 Å². The van der Waals surface area contributed by atoms with Gasteiger partial charge in [0, 0.05) is 26.2 Å². The van der Waals surface area contributed by atoms with E-state index in [0.717, 1.165) is 0 Å². The minimum absolute atomic E-state index is 0.0383. The van der Waals surface area contributed by atoms with Gasteiger partial charge in [0.25, 0.3) is 0 Å². The fourth-order valence-electron chi connectivity index (χ4n) is 0.799. The van der Waals surface area contributed by atoms with Gasteiger partial charge in [-0.05, 0) is 0 Å². The van der Waals surface area contributed by atoms with Gasteiger partial charge in [0.2, 0.25) is 0 Å². The fourth-order valence-corrected chi connectivity index (χ4v) is 0.799. The van der Waals surface area contributed by atoms with Crippen molar-refractivity contribution in [3.05, 3.63) is 11.9 Å². The zero-order valence-corrected chi connectivity index (χ0v) is 6.37. The molecule has 0 bridgehead atoms. The average molecular weight is 158 g/mol. The number of rotatable bonds is 3. The van der Waals surface area contributed by atoms with Crippen LogP contribution in [0.2, 0.25) is 0 Å². The molecule has 0 aliphatic heterocycles. The van der Waals surface area contributed by atoms with Crippen LogP contribution >= 0.6 is 0 Å². The van der Waals surface area contributed by atoms with Gasteiger partial charge in [0.05, 0.1) is 5.69 Å². The van der Waals surface area contributed by atoms with Gasteiger partial charge >= 0.3 is 0 Å². The third-order valence-electron chi connectivity index (χ3n) is 1.34. The molecule has 0 fully saturated rings. The average Bonchev–Trinajstić information content (AvgIpc) is 2.35. The molecule has 5 heteroatoms. The van der Waals surface area contributed by atoms with Crippen molar-refractivity contribution in [2.24, 2.45) is 12.8 Å². The number of nitrogens with two attached hydrogens (primary N) is 1. The van der Waals surface area contributed by atoms with E-state index in [1.165, 1.54) is 0 Å². The number of aryl methyl sites for hydroxylation is 1. The molecule has 0 amide bonds. The normalized spacial score (nSPS) is 13.4. The number of halogens is 1. The van der Waals surface area contributed by atoms with Gasteiger partial charge in [-0.2, -0.15) is 0 Å². The molecular weight excluding hydrogens is 147 g/mol. The van der Waals surface area contributed by atoms with Crippen molar-refractivity contribution in [2.75, 3.05) is 6.54 Å². The van der Waals surface area contributed by atoms with Crippen LogP contribution in [0.1, 0.15) is 5.69 Å². The number of hydrogen-bond acceptors (Lipinski definition) is 3. The summed E-state index contributed by atoms with van der Waals surface area (Å²) in [7, 11) is 1.74. The first kappa shape index (κ1) is 8.13. The predicted molar refractivity (Wildman–Crippen MR) is 38.7 cm³/mol. The van der Waals surface area contributed by atoms with E-state index in [0.29, 0.717) is 5.69 Å². The number of hydrogen-bond donors (Lipinski definition) is 1. The van der Waals surface area contributed by atoms with Crippen LogP contribution in [0.25, 0.3) is 0 Å². The second kappa shape index (κ2) is 3.43. The molecule has 1 aromatic rings. The largest absolute Gasteiger partial charge is 0.328 e. The monoisotopic (exact) mass is 158 g/mol. The molecule has 0 saturated carbocycles. The molecule has 1 atom stereocenters. The SMILES string of the molecule is Cn1cc(CC(F)CN)nn1. The molecule has 1 unspecified atom stereocenters. The molecule has 0 radical (unpaired) electrons. The summed E-state index contributed by atoms with van der Waals surface area (Å²) in [5, 5.41) is 7.38. The highest BCUT2D eigenvalue weighted by Crippen LogP contribution is 1.99. The molecule has 62 valence electrons. The summed E-state index contributed by atoms with van der Waals surface area (Å²) in [6.07, 6.45) is 0.929. The van der Waals surface area contributed by atoms with Crippen LogP contribution in [0.4, 0.5) is 4.39 Å². The lowest BCUT2D eigenvalue weighted by Crippen LogP contribution is -2.17. The van der Waals surface area contributed by atoms with E-state index < -0.39 is 6.17 Å². The Morgan fingerprint density at radius 3 is 3.00 bits per heavy atom. The van der Waals surface area contributed by atoms with E-state index >= 15 is 0 Å². The molecule has 0 aromatic carbocycles. The first-order valence-corrected chi connectivity index (χ1v) is 3.41. The second-order valence-corrected chi connectivity index (χ2v) is 2.42. The first-order chi connectivity index (χ1) is 5.22. The Bertz CT molecular complexity index is 222. The van der Waals surface area contributed by atoms with Crippen molar-refractivity contribution in [1.29, 1.82) is 0 Å². The smallest absolute Gasteiger partial charge is 0.118 e. The van der Waals surface area contributed by atoms with E-state index in [-0.39, 0.29) is 13.0 Å². The molecule has 1 heterocycles. The van der Waals surface area contributed by atoms with Crippen LogP contribution in [0.3, 0.4) is 0 Å². The number of alkyl halides is 1. The molecule has 4 nitrogen and oxygen atoms in total. The zero-order chi connectivity index (χ0) is 8.27. The Labute approximate surface area is 64.2 Å². The lowest BCUT2D eigenvalue weighted by atomic mass is 10.2. The quantitative estimate of drug-likeness (QED) is 0.654. The Hall–Kier alpha value is -0.970. The molecule has 1 aromatic heterocycles. The highest BCUT2D eigenvalue weighted by Gasteiger charge is 2.07. The van der Waals surface area contributed by atoms with Gasteiger partial charge in [-0.25, -0.2) is 4.39 Å². The predicted octanol–water partition coefficient (Wildman–Crippen LogP) is -0.346. The summed E-state index contributed by atoms with van der Waals surface area (Å²) in [6.45, 7) is 0.0383. The highest BCUT2D eigenvalue weighted by atomic mass is 19.1. The first-order valence-electron chi connectivity index (χ1n) is 3.41. The number of aromatic nitrogens is 3. The van der Waals surface area contributed by atoms with Crippen molar-refractivity contribution < 1.29 is 4.39 Å². The summed E-state index contributed by atoms with van der Waals surface area (Å²) in [4.78, 5) is 0. The van der Waals surface area contributed by atoms with Gasteiger partial charge in [0.15, 0.2) is 0 Å². The molecule has 0 aliphatic rings. The van der Waals surface area contributed by atoms with E-state index in [9.17, 15) is 4.39 Å². The maximum atomic E-state index is 12.6. The van der Waals surface area contributed by atoms with Gasteiger partial charge in [-0.15, -0.1) is 5.10 Å². The third kappa shape index (κ3) is 2.27. The standard InChI is InChI=1S/C6H11FN4/c1-11-4-6(9-10-11)2-5(7)3-8/h4-5H,2-3,8H2,1H3. The molecular formula is C6H11FN4. The summed E-state index contributed by atoms with van der Waals surface area (Å²) in [5.41, 5.74) is 5.74. The van der Waals surface area contributed by atoms with Gasteiger partial charge < -0.3 is 5.73 Å². The van der Waals surface area contributed by atoms with Crippen LogP contribution in [-0.4, -0.2) is 27.7 Å². The molecule has 1 rings (SSSR count). The Balaban J connectivity index is 2.50. The van der Waals surface area contributed by atoms with Crippen molar-refractivity contribution in [1.82, 2.24) is 15.0 Å². The summed E-state index contributed by atoms with van der Waals surface area (Å²) in [5.74, 6) is 0. The zero-order valence-electron chi connectivity index (χ0n) is 6.37. The Morgan fingerprint density at radius 2 is 2.55 bits per heavy atom. The van der Waals surface area contributed by atoms with E-state index in [2.05, 4.69) is 10.3 Å². The van der Waals surface area contributed by atoms with Crippen molar-refractivity contribution in [2.45, 2.75) is 12.6 Å². The van der Waals surface area contributed by atoms with Gasteiger partial charge in [-0.1, -0.05) is 5.21 Å². The minimum Gasteiger partial charge on any atom is -0.328 e. The lowest BCUT2D eigenvalue weighted by molar-refractivity contribution is 0.338. The fraction of sp³-hybridized carbons (Fsp3) is 0.667. The van der Waals surface area contributed by atoms with Crippen molar-refractivity contribution in [3.8, 4) is 0 Å². The van der Waals surface area contributed by atoms with Gasteiger partial charge in [-0.3, -0.25) is 4.68 Å². The molecule has 0 aliphatic carbocycles. The third-order valence-corrected chi connectivity index (χ3v) is 1.34. The molecule has 0 spiro atoms. The van der Waals surface area contributed by atoms with Crippen LogP contribution in [-0.2, 0) is 13.5 Å². The summed E-state index contributed by atoms with van der Waals surface area (Å²) >= 11 is 0. The maximum Gasteiger partial charge on any atom is 0.118 e. The Morgan fingerprint density at radius 1 is 1.82 bits per heavy atom. The number of nitrogens with zero attached hydrogens (tertiary/aromatic N) is 3. The van der Waals surface area contributed by atoms with E-state index in [4.69, 9.17) is 5.73 Å². The highest BCUT2D eigenvalue weighted by molar-refractivity contribution is 4.94. The lowest BCUT2D eigenvalue weighted by Gasteiger charge is -1.99. The maximum absolute atomic E-state index is 12.6. The van der Waals surface area contributed by atoms with E-state index in [1.807, 2.05) is 0 Å². The molecule has 2 N–H and O–H groups in total. The Kier molecular flexibility index (Phi) is 2.53. The van der Waals surface area contributed by atoms with Gasteiger partial charge in [0.1, 0.15) is 6.17 Å². The van der Waals surface area contributed by atoms with Crippen molar-refractivity contribution in [3.63, 3.8) is 0 Å². The second-order valence-electron chi connectivity index (χ2n) is 2.42. The topological polar surface area (TPSA) is 56.7 Å².